The Morgan fingerprint density at radius 1 is 1.06 bits per heavy atom. The quantitative estimate of drug-likeness (QED) is 0.256. The molecule has 1 N–H and O–H groups in total. The van der Waals surface area contributed by atoms with E-state index in [1.54, 1.807) is 31.4 Å². The fraction of sp³-hybridized carbons (Fsp3) is 0.385. The number of ether oxygens (including phenoxy) is 2. The van der Waals surface area contributed by atoms with Crippen LogP contribution in [0.2, 0.25) is 0 Å². The molecule has 3 rings (SSSR count). The fourth-order valence-corrected chi connectivity index (χ4v) is 3.88. The maximum absolute atomic E-state index is 13.1. The molecular weight excluding hydrogens is 406 g/mol. The number of carbonyl (C=O) groups excluding carboxylic acids is 2. The first-order valence-corrected chi connectivity index (χ1v) is 11.1. The molecule has 1 heterocycles. The van der Waals surface area contributed by atoms with Crippen molar-refractivity contribution in [3.05, 3.63) is 70.8 Å². The van der Waals surface area contributed by atoms with Gasteiger partial charge in [0.1, 0.15) is 11.5 Å². The molecule has 1 saturated heterocycles. The minimum absolute atomic E-state index is 0.101. The summed E-state index contributed by atoms with van der Waals surface area (Å²) in [6, 6.07) is 14.1. The molecule has 0 bridgehead atoms. The van der Waals surface area contributed by atoms with E-state index in [1.807, 2.05) is 31.2 Å². The lowest BCUT2D eigenvalue weighted by molar-refractivity contribution is -0.140. The maximum atomic E-state index is 13.1. The molecule has 0 radical (unpaired) electrons. The molecule has 1 atom stereocenters. The van der Waals surface area contributed by atoms with Gasteiger partial charge in [0.25, 0.3) is 11.7 Å². The van der Waals surface area contributed by atoms with E-state index in [0.29, 0.717) is 37.5 Å². The van der Waals surface area contributed by atoms with Crippen molar-refractivity contribution < 1.29 is 24.2 Å². The van der Waals surface area contributed by atoms with Crippen LogP contribution in [0.15, 0.2) is 54.1 Å². The molecule has 6 nitrogen and oxygen atoms in total. The lowest BCUT2D eigenvalue weighted by Gasteiger charge is -2.25. The van der Waals surface area contributed by atoms with E-state index >= 15 is 0 Å². The highest BCUT2D eigenvalue weighted by Gasteiger charge is 2.45. The van der Waals surface area contributed by atoms with Crippen LogP contribution in [-0.2, 0) is 20.7 Å². The topological polar surface area (TPSA) is 76.1 Å². The minimum atomic E-state index is -0.677. The molecule has 170 valence electrons. The third kappa shape index (κ3) is 5.02. The van der Waals surface area contributed by atoms with E-state index in [2.05, 4.69) is 6.92 Å². The number of aliphatic hydroxyl groups excluding tert-OH is 1. The van der Waals surface area contributed by atoms with Crippen molar-refractivity contribution in [2.24, 2.45) is 0 Å². The summed E-state index contributed by atoms with van der Waals surface area (Å²) < 4.78 is 10.8. The van der Waals surface area contributed by atoms with Gasteiger partial charge >= 0.3 is 0 Å². The maximum Gasteiger partial charge on any atom is 0.295 e. The van der Waals surface area contributed by atoms with Crippen LogP contribution >= 0.6 is 0 Å². The van der Waals surface area contributed by atoms with E-state index in [-0.39, 0.29) is 11.3 Å². The number of rotatable bonds is 10. The number of ketones is 1. The Bertz CT molecular complexity index is 980. The molecule has 1 amide bonds. The largest absolute Gasteiger partial charge is 0.507 e. The number of Topliss-reactive ketones (excluding diaryl/α,β-unsaturated/α-hetero) is 1. The SMILES string of the molecule is CCCOc1cccc(C(O)=C2C(=O)C(=O)N(CCCOC)C2c2ccc(CC)cc2)c1. The Morgan fingerprint density at radius 3 is 2.47 bits per heavy atom. The van der Waals surface area contributed by atoms with Gasteiger partial charge < -0.3 is 19.5 Å². The van der Waals surface area contributed by atoms with Crippen molar-refractivity contribution in [3.63, 3.8) is 0 Å². The molecule has 2 aromatic carbocycles. The lowest BCUT2D eigenvalue weighted by atomic mass is 9.94. The zero-order chi connectivity index (χ0) is 23.1. The van der Waals surface area contributed by atoms with Gasteiger partial charge in [0.15, 0.2) is 0 Å². The third-order valence-corrected chi connectivity index (χ3v) is 5.57. The number of hydrogen-bond donors (Lipinski definition) is 1. The number of aliphatic hydroxyl groups is 1. The zero-order valence-corrected chi connectivity index (χ0v) is 19.0. The highest BCUT2D eigenvalue weighted by molar-refractivity contribution is 6.46. The van der Waals surface area contributed by atoms with Crippen LogP contribution < -0.4 is 4.74 Å². The van der Waals surface area contributed by atoms with Crippen LogP contribution in [0.3, 0.4) is 0 Å². The van der Waals surface area contributed by atoms with Crippen molar-refractivity contribution in [3.8, 4) is 5.75 Å². The van der Waals surface area contributed by atoms with Gasteiger partial charge in [0.05, 0.1) is 18.2 Å². The van der Waals surface area contributed by atoms with Gasteiger partial charge in [-0.05, 0) is 42.5 Å². The van der Waals surface area contributed by atoms with Gasteiger partial charge in [-0.1, -0.05) is 50.2 Å². The second kappa shape index (κ2) is 11.0. The van der Waals surface area contributed by atoms with E-state index in [0.717, 1.165) is 24.0 Å². The first kappa shape index (κ1) is 23.5. The summed E-state index contributed by atoms with van der Waals surface area (Å²) in [6.45, 7) is 5.46. The average Bonchev–Trinajstić information content (AvgIpc) is 3.07. The first-order chi connectivity index (χ1) is 15.5. The minimum Gasteiger partial charge on any atom is -0.507 e. The van der Waals surface area contributed by atoms with E-state index in [1.165, 1.54) is 4.90 Å². The second-order valence-electron chi connectivity index (χ2n) is 7.81. The summed E-state index contributed by atoms with van der Waals surface area (Å²) in [5.74, 6) is -0.867. The molecule has 1 unspecified atom stereocenters. The Balaban J connectivity index is 2.07. The van der Waals surface area contributed by atoms with Gasteiger partial charge in [0.2, 0.25) is 0 Å². The molecule has 1 fully saturated rings. The Morgan fingerprint density at radius 2 is 1.81 bits per heavy atom. The summed E-state index contributed by atoms with van der Waals surface area (Å²) in [5, 5.41) is 11.2. The van der Waals surface area contributed by atoms with Gasteiger partial charge in [-0.2, -0.15) is 0 Å². The molecule has 32 heavy (non-hydrogen) atoms. The predicted molar refractivity (Wildman–Crippen MR) is 124 cm³/mol. The number of benzene rings is 2. The highest BCUT2D eigenvalue weighted by atomic mass is 16.5. The van der Waals surface area contributed by atoms with Crippen LogP contribution in [0.25, 0.3) is 5.76 Å². The van der Waals surface area contributed by atoms with Crippen LogP contribution in [0.5, 0.6) is 5.75 Å². The zero-order valence-electron chi connectivity index (χ0n) is 19.0. The average molecular weight is 438 g/mol. The molecule has 1 aliphatic rings. The number of aryl methyl sites for hydroxylation is 1. The molecule has 0 aliphatic carbocycles. The van der Waals surface area contributed by atoms with Crippen LogP contribution in [0.1, 0.15) is 49.4 Å². The van der Waals surface area contributed by atoms with Crippen LogP contribution in [-0.4, -0.2) is 48.6 Å². The molecule has 2 aromatic rings. The molecular formula is C26H31NO5. The number of amides is 1. The van der Waals surface area contributed by atoms with Crippen molar-refractivity contribution in [1.82, 2.24) is 4.90 Å². The smallest absolute Gasteiger partial charge is 0.295 e. The summed E-state index contributed by atoms with van der Waals surface area (Å²) in [7, 11) is 1.60. The normalized spacial score (nSPS) is 17.7. The number of carbonyl (C=O) groups is 2. The van der Waals surface area contributed by atoms with Crippen molar-refractivity contribution >= 4 is 17.4 Å². The van der Waals surface area contributed by atoms with Crippen molar-refractivity contribution in [2.45, 2.75) is 39.2 Å². The summed E-state index contributed by atoms with van der Waals surface area (Å²) in [4.78, 5) is 27.5. The Labute approximate surface area is 189 Å². The van der Waals surface area contributed by atoms with Crippen molar-refractivity contribution in [1.29, 1.82) is 0 Å². The van der Waals surface area contributed by atoms with Crippen LogP contribution in [0.4, 0.5) is 0 Å². The second-order valence-corrected chi connectivity index (χ2v) is 7.81. The number of methoxy groups -OCH3 is 1. The molecule has 0 saturated carbocycles. The Kier molecular flexibility index (Phi) is 8.06. The molecule has 1 aliphatic heterocycles. The highest BCUT2D eigenvalue weighted by Crippen LogP contribution is 2.39. The van der Waals surface area contributed by atoms with E-state index in [4.69, 9.17) is 9.47 Å². The fourth-order valence-electron chi connectivity index (χ4n) is 3.88. The monoisotopic (exact) mass is 437 g/mol. The molecule has 0 aromatic heterocycles. The Hall–Kier alpha value is -3.12. The van der Waals surface area contributed by atoms with Crippen molar-refractivity contribution in [2.75, 3.05) is 26.9 Å². The molecule has 6 heteroatoms. The van der Waals surface area contributed by atoms with E-state index < -0.39 is 17.7 Å². The molecule has 0 spiro atoms. The van der Waals surface area contributed by atoms with Gasteiger partial charge in [0, 0.05) is 25.8 Å². The summed E-state index contributed by atoms with van der Waals surface area (Å²) in [5.41, 5.74) is 2.50. The number of likely N-dealkylation sites (tertiary alicyclic amines) is 1. The predicted octanol–water partition coefficient (Wildman–Crippen LogP) is 4.50. The van der Waals surface area contributed by atoms with E-state index in [9.17, 15) is 14.7 Å². The van der Waals surface area contributed by atoms with Gasteiger partial charge in [-0.3, -0.25) is 9.59 Å². The lowest BCUT2D eigenvalue weighted by Crippen LogP contribution is -2.31. The number of hydrogen-bond acceptors (Lipinski definition) is 5. The standard InChI is InChI=1S/C26H31NO5/c1-4-15-32-21-9-6-8-20(17-21)24(28)22-23(19-12-10-18(5-2)11-13-19)27(14-7-16-31-3)26(30)25(22)29/h6,8-13,17,23,28H,4-5,7,14-16H2,1-3H3. The van der Waals surface area contributed by atoms with Crippen LogP contribution in [0, 0.1) is 0 Å². The number of nitrogens with zero attached hydrogens (tertiary/aromatic N) is 1. The van der Waals surface area contributed by atoms with Gasteiger partial charge in [-0.25, -0.2) is 0 Å². The van der Waals surface area contributed by atoms with Gasteiger partial charge in [-0.15, -0.1) is 0 Å². The first-order valence-electron chi connectivity index (χ1n) is 11.1. The summed E-state index contributed by atoms with van der Waals surface area (Å²) in [6.07, 6.45) is 2.34. The third-order valence-electron chi connectivity index (χ3n) is 5.57. The summed E-state index contributed by atoms with van der Waals surface area (Å²) >= 11 is 0.